The van der Waals surface area contributed by atoms with Crippen molar-refractivity contribution < 1.29 is 23.5 Å². The predicted octanol–water partition coefficient (Wildman–Crippen LogP) is 2.57. The minimum absolute atomic E-state index is 0.0270. The smallest absolute Gasteiger partial charge is 0.335 e. The third kappa shape index (κ3) is 4.51. The molecule has 4 nitrogen and oxygen atoms in total. The number of nitrogens with zero attached hydrogens (tertiary/aromatic N) is 1. The lowest BCUT2D eigenvalue weighted by Crippen LogP contribution is -2.37. The molecule has 1 aromatic rings. The monoisotopic (exact) mass is 297 g/mol. The number of benzene rings is 1. The summed E-state index contributed by atoms with van der Waals surface area (Å²) in [6.45, 7) is -0.499. The molecule has 21 heavy (non-hydrogen) atoms. The Morgan fingerprint density at radius 3 is 2.33 bits per heavy atom. The molecule has 6 heteroatoms. The maximum Gasteiger partial charge on any atom is 0.335 e. The van der Waals surface area contributed by atoms with E-state index in [0.29, 0.717) is 6.42 Å². The Morgan fingerprint density at radius 2 is 1.86 bits per heavy atom. The quantitative estimate of drug-likeness (QED) is 0.841. The number of halogens is 2. The highest BCUT2D eigenvalue weighted by atomic mass is 19.3. The lowest BCUT2D eigenvalue weighted by atomic mass is 10.1. The van der Waals surface area contributed by atoms with E-state index in [1.807, 2.05) is 0 Å². The SMILES string of the molecule is O=C(O)c1ccc(CCC(=O)N(CC(F)F)C2CC2)cc1. The summed E-state index contributed by atoms with van der Waals surface area (Å²) >= 11 is 0. The van der Waals surface area contributed by atoms with Gasteiger partial charge in [-0.25, -0.2) is 13.6 Å². The van der Waals surface area contributed by atoms with Crippen LogP contribution in [0, 0.1) is 0 Å². The molecule has 1 aromatic carbocycles. The Labute approximate surface area is 121 Å². The van der Waals surface area contributed by atoms with Crippen LogP contribution < -0.4 is 0 Å². The number of carbonyl (C=O) groups excluding carboxylic acids is 1. The van der Waals surface area contributed by atoms with Crippen LogP contribution in [0.2, 0.25) is 0 Å². The number of alkyl halides is 2. The van der Waals surface area contributed by atoms with Crippen LogP contribution in [0.1, 0.15) is 35.2 Å². The van der Waals surface area contributed by atoms with E-state index in [2.05, 4.69) is 0 Å². The molecule has 0 saturated heterocycles. The highest BCUT2D eigenvalue weighted by Gasteiger charge is 2.33. The fourth-order valence-corrected chi connectivity index (χ4v) is 2.20. The summed E-state index contributed by atoms with van der Waals surface area (Å²) in [5.74, 6) is -1.27. The van der Waals surface area contributed by atoms with Gasteiger partial charge in [0.15, 0.2) is 0 Å². The summed E-state index contributed by atoms with van der Waals surface area (Å²) in [6, 6.07) is 6.21. The predicted molar refractivity (Wildman–Crippen MR) is 72.5 cm³/mol. The summed E-state index contributed by atoms with van der Waals surface area (Å²) in [5.41, 5.74) is 1.00. The van der Waals surface area contributed by atoms with Crippen LogP contribution in [-0.4, -0.2) is 40.9 Å². The Hall–Kier alpha value is -1.98. The molecule has 1 aliphatic carbocycles. The van der Waals surface area contributed by atoms with Gasteiger partial charge in [-0.3, -0.25) is 4.79 Å². The van der Waals surface area contributed by atoms with E-state index in [1.54, 1.807) is 12.1 Å². The lowest BCUT2D eigenvalue weighted by Gasteiger charge is -2.22. The second-order valence-electron chi connectivity index (χ2n) is 5.17. The number of aryl methyl sites for hydroxylation is 1. The largest absolute Gasteiger partial charge is 0.478 e. The van der Waals surface area contributed by atoms with E-state index in [1.165, 1.54) is 17.0 Å². The number of rotatable bonds is 7. The van der Waals surface area contributed by atoms with Gasteiger partial charge in [0.25, 0.3) is 6.43 Å². The molecule has 1 fully saturated rings. The minimum atomic E-state index is -2.51. The van der Waals surface area contributed by atoms with Gasteiger partial charge in [0.2, 0.25) is 5.91 Å². The highest BCUT2D eigenvalue weighted by Crippen LogP contribution is 2.28. The van der Waals surface area contributed by atoms with Crippen LogP contribution in [0.15, 0.2) is 24.3 Å². The maximum absolute atomic E-state index is 12.5. The zero-order chi connectivity index (χ0) is 15.4. The molecule has 0 spiro atoms. The van der Waals surface area contributed by atoms with E-state index in [9.17, 15) is 18.4 Å². The number of carboxylic acid groups (broad SMARTS) is 1. The Kier molecular flexibility index (Phi) is 4.88. The molecule has 0 radical (unpaired) electrons. The molecule has 0 unspecified atom stereocenters. The lowest BCUT2D eigenvalue weighted by molar-refractivity contribution is -0.133. The highest BCUT2D eigenvalue weighted by molar-refractivity contribution is 5.87. The fraction of sp³-hybridized carbons (Fsp3) is 0.467. The average molecular weight is 297 g/mol. The second kappa shape index (κ2) is 6.65. The zero-order valence-corrected chi connectivity index (χ0v) is 11.5. The molecular weight excluding hydrogens is 280 g/mol. The van der Waals surface area contributed by atoms with Gasteiger partial charge in [0.05, 0.1) is 12.1 Å². The van der Waals surface area contributed by atoms with Crippen molar-refractivity contribution in [2.24, 2.45) is 0 Å². The first-order chi connectivity index (χ1) is 9.97. The molecule has 0 atom stereocenters. The van der Waals surface area contributed by atoms with Gasteiger partial charge in [0, 0.05) is 12.5 Å². The Balaban J connectivity index is 1.88. The van der Waals surface area contributed by atoms with Gasteiger partial charge in [-0.05, 0) is 37.0 Å². The van der Waals surface area contributed by atoms with Crippen molar-refractivity contribution in [3.63, 3.8) is 0 Å². The van der Waals surface area contributed by atoms with Crippen molar-refractivity contribution in [2.75, 3.05) is 6.54 Å². The van der Waals surface area contributed by atoms with Crippen LogP contribution in [0.25, 0.3) is 0 Å². The Morgan fingerprint density at radius 1 is 1.24 bits per heavy atom. The van der Waals surface area contributed by atoms with Gasteiger partial charge in [0.1, 0.15) is 0 Å². The number of hydrogen-bond acceptors (Lipinski definition) is 2. The summed E-state index contributed by atoms with van der Waals surface area (Å²) in [6.07, 6.45) is -0.331. The fourth-order valence-electron chi connectivity index (χ4n) is 2.20. The zero-order valence-electron chi connectivity index (χ0n) is 11.5. The molecule has 1 saturated carbocycles. The van der Waals surface area contributed by atoms with Crippen molar-refractivity contribution in [1.29, 1.82) is 0 Å². The minimum Gasteiger partial charge on any atom is -0.478 e. The van der Waals surface area contributed by atoms with Gasteiger partial charge < -0.3 is 10.0 Å². The molecule has 0 bridgehead atoms. The van der Waals surface area contributed by atoms with Crippen LogP contribution in [0.4, 0.5) is 8.78 Å². The first-order valence-corrected chi connectivity index (χ1v) is 6.87. The first-order valence-electron chi connectivity index (χ1n) is 6.87. The third-order valence-electron chi connectivity index (χ3n) is 3.47. The second-order valence-corrected chi connectivity index (χ2v) is 5.17. The van der Waals surface area contributed by atoms with E-state index < -0.39 is 18.9 Å². The summed E-state index contributed by atoms with van der Waals surface area (Å²) < 4.78 is 24.9. The molecule has 114 valence electrons. The molecule has 1 aliphatic rings. The topological polar surface area (TPSA) is 57.6 Å². The summed E-state index contributed by atoms with van der Waals surface area (Å²) in [7, 11) is 0. The normalized spacial score (nSPS) is 14.2. The number of hydrogen-bond donors (Lipinski definition) is 1. The van der Waals surface area contributed by atoms with Crippen molar-refractivity contribution in [1.82, 2.24) is 4.90 Å². The van der Waals surface area contributed by atoms with Crippen LogP contribution in [0.3, 0.4) is 0 Å². The van der Waals surface area contributed by atoms with Crippen LogP contribution in [-0.2, 0) is 11.2 Å². The number of aromatic carboxylic acids is 1. The van der Waals surface area contributed by atoms with Crippen molar-refractivity contribution in [3.05, 3.63) is 35.4 Å². The van der Waals surface area contributed by atoms with E-state index in [4.69, 9.17) is 5.11 Å². The van der Waals surface area contributed by atoms with Crippen molar-refractivity contribution in [3.8, 4) is 0 Å². The number of amides is 1. The van der Waals surface area contributed by atoms with Crippen LogP contribution in [0.5, 0.6) is 0 Å². The van der Waals surface area contributed by atoms with Crippen LogP contribution >= 0.6 is 0 Å². The molecular formula is C15H17F2NO3. The van der Waals surface area contributed by atoms with E-state index >= 15 is 0 Å². The molecule has 0 heterocycles. The first kappa shape index (κ1) is 15.4. The maximum atomic E-state index is 12.5. The van der Waals surface area contributed by atoms with Gasteiger partial charge in [-0.15, -0.1) is 0 Å². The number of carbonyl (C=O) groups is 2. The third-order valence-corrected chi connectivity index (χ3v) is 3.47. The summed E-state index contributed by atoms with van der Waals surface area (Å²) in [4.78, 5) is 24.0. The van der Waals surface area contributed by atoms with Crippen molar-refractivity contribution in [2.45, 2.75) is 38.2 Å². The van der Waals surface area contributed by atoms with E-state index in [-0.39, 0.29) is 23.9 Å². The Bertz CT molecular complexity index is 512. The molecule has 1 amide bonds. The van der Waals surface area contributed by atoms with Gasteiger partial charge in [-0.2, -0.15) is 0 Å². The van der Waals surface area contributed by atoms with Gasteiger partial charge in [-0.1, -0.05) is 12.1 Å². The summed E-state index contributed by atoms with van der Waals surface area (Å²) in [5, 5.41) is 8.79. The molecule has 0 aromatic heterocycles. The number of carboxylic acids is 1. The average Bonchev–Trinajstić information content (AvgIpc) is 3.27. The van der Waals surface area contributed by atoms with Gasteiger partial charge >= 0.3 is 5.97 Å². The van der Waals surface area contributed by atoms with Crippen molar-refractivity contribution >= 4 is 11.9 Å². The molecule has 2 rings (SSSR count). The standard InChI is InChI=1S/C15H17F2NO3/c16-13(17)9-18(12-6-7-12)14(19)8-3-10-1-4-11(5-2-10)15(20)21/h1-2,4-5,12-13H,3,6-9H2,(H,20,21). The molecule has 0 aliphatic heterocycles. The molecule has 1 N–H and O–H groups in total. The van der Waals surface area contributed by atoms with E-state index in [0.717, 1.165) is 18.4 Å².